The van der Waals surface area contributed by atoms with Crippen LogP contribution in [0.25, 0.3) is 0 Å². The first kappa shape index (κ1) is 17.1. The molecule has 23 heavy (non-hydrogen) atoms. The highest BCUT2D eigenvalue weighted by molar-refractivity contribution is 6.33. The number of benzene rings is 1. The molecule has 7 nitrogen and oxygen atoms in total. The van der Waals surface area contributed by atoms with Crippen molar-refractivity contribution in [3.05, 3.63) is 23.2 Å². The largest absolute Gasteiger partial charge is 0.481 e. The zero-order valence-electron chi connectivity index (χ0n) is 12.7. The van der Waals surface area contributed by atoms with Crippen LogP contribution in [0.5, 0.6) is 0 Å². The number of amides is 3. The Balaban J connectivity index is 2.08. The van der Waals surface area contributed by atoms with Gasteiger partial charge in [0, 0.05) is 32.2 Å². The monoisotopic (exact) mass is 339 g/mol. The minimum absolute atomic E-state index is 0.0446. The summed E-state index contributed by atoms with van der Waals surface area (Å²) in [5.74, 6) is -0.930. The van der Waals surface area contributed by atoms with Gasteiger partial charge < -0.3 is 20.2 Å². The number of carbonyl (C=O) groups is 3. The Hall–Kier alpha value is -2.28. The molecule has 0 radical (unpaired) electrons. The maximum atomic E-state index is 12.1. The Kier molecular flexibility index (Phi) is 5.44. The molecular weight excluding hydrogens is 322 g/mol. The van der Waals surface area contributed by atoms with Crippen molar-refractivity contribution in [1.29, 1.82) is 0 Å². The van der Waals surface area contributed by atoms with E-state index >= 15 is 0 Å². The highest BCUT2D eigenvalue weighted by atomic mass is 35.5. The van der Waals surface area contributed by atoms with E-state index in [4.69, 9.17) is 16.7 Å². The highest BCUT2D eigenvalue weighted by Gasteiger charge is 2.22. The third kappa shape index (κ3) is 4.35. The van der Waals surface area contributed by atoms with E-state index in [0.717, 1.165) is 6.42 Å². The molecule has 0 unspecified atom stereocenters. The minimum atomic E-state index is -0.975. The highest BCUT2D eigenvalue weighted by Crippen LogP contribution is 2.30. The van der Waals surface area contributed by atoms with E-state index in [1.165, 1.54) is 11.9 Å². The molecule has 2 N–H and O–H groups in total. The van der Waals surface area contributed by atoms with Gasteiger partial charge in [0.25, 0.3) is 0 Å². The lowest BCUT2D eigenvalue weighted by Gasteiger charge is -2.20. The predicted octanol–water partition coefficient (Wildman–Crippen LogP) is 2.41. The molecular formula is C15H18ClN3O4. The van der Waals surface area contributed by atoms with Gasteiger partial charge in [-0.2, -0.15) is 0 Å². The molecule has 8 heteroatoms. The number of carbonyl (C=O) groups excluding carboxylic acids is 2. The second-order valence-electron chi connectivity index (χ2n) is 5.31. The quantitative estimate of drug-likeness (QED) is 0.862. The first-order valence-corrected chi connectivity index (χ1v) is 7.60. The fourth-order valence-corrected chi connectivity index (χ4v) is 2.44. The van der Waals surface area contributed by atoms with Gasteiger partial charge in [-0.25, -0.2) is 4.79 Å². The van der Waals surface area contributed by atoms with Crippen LogP contribution in [-0.2, 0) is 9.59 Å². The fraction of sp³-hybridized carbons (Fsp3) is 0.400. The summed E-state index contributed by atoms with van der Waals surface area (Å²) in [6, 6.07) is 4.54. The Morgan fingerprint density at radius 2 is 2.17 bits per heavy atom. The van der Waals surface area contributed by atoms with Crippen molar-refractivity contribution < 1.29 is 19.5 Å². The van der Waals surface area contributed by atoms with E-state index in [1.54, 1.807) is 23.1 Å². The smallest absolute Gasteiger partial charge is 0.321 e. The van der Waals surface area contributed by atoms with Crippen LogP contribution >= 0.6 is 11.6 Å². The normalized spacial score (nSPS) is 14.0. The number of anilines is 2. The van der Waals surface area contributed by atoms with E-state index in [2.05, 4.69) is 5.32 Å². The van der Waals surface area contributed by atoms with Crippen LogP contribution in [0.1, 0.15) is 19.3 Å². The van der Waals surface area contributed by atoms with E-state index in [-0.39, 0.29) is 18.9 Å². The molecule has 2 rings (SSSR count). The summed E-state index contributed by atoms with van der Waals surface area (Å²) in [5.41, 5.74) is 1.07. The molecule has 1 aliphatic rings. The van der Waals surface area contributed by atoms with Crippen molar-refractivity contribution in [2.45, 2.75) is 19.3 Å². The zero-order valence-corrected chi connectivity index (χ0v) is 13.5. The molecule has 0 saturated carbocycles. The molecule has 0 atom stereocenters. The predicted molar refractivity (Wildman–Crippen MR) is 86.9 cm³/mol. The third-order valence-corrected chi connectivity index (χ3v) is 3.91. The van der Waals surface area contributed by atoms with E-state index in [1.807, 2.05) is 0 Å². The Bertz CT molecular complexity index is 635. The molecule has 0 aromatic heterocycles. The SMILES string of the molecule is CN(CCC(=O)O)C(=O)Nc1cc(N2CCCC2=O)ccc1Cl. The van der Waals surface area contributed by atoms with Gasteiger partial charge in [0.15, 0.2) is 0 Å². The van der Waals surface area contributed by atoms with Crippen molar-refractivity contribution in [3.8, 4) is 0 Å². The van der Waals surface area contributed by atoms with Crippen LogP contribution in [0, 0.1) is 0 Å². The van der Waals surface area contributed by atoms with Gasteiger partial charge in [-0.05, 0) is 24.6 Å². The Labute approximate surface area is 138 Å². The first-order valence-electron chi connectivity index (χ1n) is 7.22. The topological polar surface area (TPSA) is 89.9 Å². The summed E-state index contributed by atoms with van der Waals surface area (Å²) >= 11 is 6.08. The Morgan fingerprint density at radius 3 is 2.78 bits per heavy atom. The number of aliphatic carboxylic acids is 1. The van der Waals surface area contributed by atoms with E-state index in [0.29, 0.717) is 29.4 Å². The van der Waals surface area contributed by atoms with Crippen LogP contribution in [-0.4, -0.2) is 48.1 Å². The number of hydrogen-bond donors (Lipinski definition) is 2. The van der Waals surface area contributed by atoms with Crippen molar-refractivity contribution in [1.82, 2.24) is 4.90 Å². The third-order valence-electron chi connectivity index (χ3n) is 3.58. The van der Waals surface area contributed by atoms with Gasteiger partial charge in [-0.3, -0.25) is 9.59 Å². The van der Waals surface area contributed by atoms with Gasteiger partial charge in [-0.15, -0.1) is 0 Å². The number of nitrogens with one attached hydrogen (secondary N) is 1. The van der Waals surface area contributed by atoms with E-state index < -0.39 is 12.0 Å². The average Bonchev–Trinajstić information content (AvgIpc) is 2.93. The van der Waals surface area contributed by atoms with Gasteiger partial charge in [0.2, 0.25) is 5.91 Å². The standard InChI is InChI=1S/C15H18ClN3O4/c1-18(8-6-14(21)22)15(23)17-12-9-10(4-5-11(12)16)19-7-2-3-13(19)20/h4-5,9H,2-3,6-8H2,1H3,(H,17,23)(H,21,22). The summed E-state index contributed by atoms with van der Waals surface area (Å²) in [4.78, 5) is 37.3. The van der Waals surface area contributed by atoms with Crippen LogP contribution in [0.15, 0.2) is 18.2 Å². The van der Waals surface area contributed by atoms with Gasteiger partial charge in [0.05, 0.1) is 17.1 Å². The van der Waals surface area contributed by atoms with Crippen molar-refractivity contribution in [2.24, 2.45) is 0 Å². The van der Waals surface area contributed by atoms with Crippen LogP contribution in [0.4, 0.5) is 16.2 Å². The number of nitrogens with zero attached hydrogens (tertiary/aromatic N) is 2. The lowest BCUT2D eigenvalue weighted by atomic mass is 10.2. The van der Waals surface area contributed by atoms with Crippen molar-refractivity contribution >= 4 is 40.9 Å². The molecule has 124 valence electrons. The molecule has 1 fully saturated rings. The molecule has 1 heterocycles. The van der Waals surface area contributed by atoms with Crippen molar-refractivity contribution in [2.75, 3.05) is 30.4 Å². The maximum absolute atomic E-state index is 12.1. The Morgan fingerprint density at radius 1 is 1.43 bits per heavy atom. The molecule has 1 aromatic carbocycles. The van der Waals surface area contributed by atoms with Crippen LogP contribution < -0.4 is 10.2 Å². The number of hydrogen-bond acceptors (Lipinski definition) is 3. The van der Waals surface area contributed by atoms with Gasteiger partial charge in [-0.1, -0.05) is 11.6 Å². The lowest BCUT2D eigenvalue weighted by molar-refractivity contribution is -0.137. The van der Waals surface area contributed by atoms with Crippen LogP contribution in [0.2, 0.25) is 5.02 Å². The molecule has 1 saturated heterocycles. The first-order chi connectivity index (χ1) is 10.9. The number of carboxylic acids is 1. The molecule has 3 amide bonds. The number of rotatable bonds is 5. The summed E-state index contributed by atoms with van der Waals surface area (Å²) < 4.78 is 0. The van der Waals surface area contributed by atoms with Gasteiger partial charge in [0.1, 0.15) is 0 Å². The molecule has 0 aliphatic carbocycles. The number of urea groups is 1. The number of carboxylic acid groups (broad SMARTS) is 1. The molecule has 1 aromatic rings. The minimum Gasteiger partial charge on any atom is -0.481 e. The van der Waals surface area contributed by atoms with Crippen LogP contribution in [0.3, 0.4) is 0 Å². The summed E-state index contributed by atoms with van der Waals surface area (Å²) in [6.07, 6.45) is 1.18. The average molecular weight is 340 g/mol. The second-order valence-corrected chi connectivity index (χ2v) is 5.72. The fourth-order valence-electron chi connectivity index (χ4n) is 2.27. The molecule has 1 aliphatic heterocycles. The summed E-state index contributed by atoms with van der Waals surface area (Å²) in [5, 5.41) is 11.6. The van der Waals surface area contributed by atoms with Gasteiger partial charge >= 0.3 is 12.0 Å². The second kappa shape index (κ2) is 7.32. The summed E-state index contributed by atoms with van der Waals surface area (Å²) in [6.45, 7) is 0.732. The lowest BCUT2D eigenvalue weighted by Crippen LogP contribution is -2.33. The van der Waals surface area contributed by atoms with E-state index in [9.17, 15) is 14.4 Å². The molecule has 0 bridgehead atoms. The van der Waals surface area contributed by atoms with Crippen molar-refractivity contribution in [3.63, 3.8) is 0 Å². The zero-order chi connectivity index (χ0) is 17.0. The summed E-state index contributed by atoms with van der Waals surface area (Å²) in [7, 11) is 1.50. The molecule has 0 spiro atoms. The number of halogens is 1. The maximum Gasteiger partial charge on any atom is 0.321 e.